The van der Waals surface area contributed by atoms with Crippen molar-refractivity contribution in [3.8, 4) is 11.5 Å². The van der Waals surface area contributed by atoms with Crippen molar-refractivity contribution in [3.63, 3.8) is 0 Å². The number of hydrogen-bond acceptors (Lipinski definition) is 10. The average Bonchev–Trinajstić information content (AvgIpc) is 3.60. The van der Waals surface area contributed by atoms with E-state index in [1.54, 1.807) is 12.3 Å². The quantitative estimate of drug-likeness (QED) is 0.246. The van der Waals surface area contributed by atoms with Crippen LogP contribution in [0.25, 0.3) is 11.5 Å². The lowest BCUT2D eigenvalue weighted by molar-refractivity contribution is 0.00954. The summed E-state index contributed by atoms with van der Waals surface area (Å²) in [4.78, 5) is 24.3. The highest BCUT2D eigenvalue weighted by atomic mass is 16.6. The summed E-state index contributed by atoms with van der Waals surface area (Å²) < 4.78 is 11.4. The number of rotatable bonds is 8. The summed E-state index contributed by atoms with van der Waals surface area (Å²) >= 11 is 0. The van der Waals surface area contributed by atoms with Gasteiger partial charge in [0.15, 0.2) is 5.82 Å². The van der Waals surface area contributed by atoms with Gasteiger partial charge in [-0.05, 0) is 76.5 Å². The van der Waals surface area contributed by atoms with Gasteiger partial charge in [-0.3, -0.25) is 0 Å². The summed E-state index contributed by atoms with van der Waals surface area (Å²) in [5.41, 5.74) is 3.72. The van der Waals surface area contributed by atoms with E-state index in [9.17, 15) is 9.90 Å². The lowest BCUT2D eigenvalue weighted by Crippen LogP contribution is -2.51. The van der Waals surface area contributed by atoms with Gasteiger partial charge in [-0.15, -0.1) is 0 Å². The first kappa shape index (κ1) is 26.6. The molecular weight excluding hydrogens is 532 g/mol. The highest BCUT2D eigenvalue weighted by Crippen LogP contribution is 2.43. The molecule has 0 saturated carbocycles. The van der Waals surface area contributed by atoms with E-state index < -0.39 is 5.60 Å². The number of carbonyl (C=O) groups is 1. The number of anilines is 3. The third-order valence-electron chi connectivity index (χ3n) is 8.98. The third kappa shape index (κ3) is 4.70. The Morgan fingerprint density at radius 3 is 2.52 bits per heavy atom. The maximum absolute atomic E-state index is 12.3. The number of piperidine rings is 3. The number of carbonyl (C=O) groups excluding carboxylic acids is 1. The molecule has 0 unspecified atom stereocenters. The fourth-order valence-corrected chi connectivity index (χ4v) is 6.42. The Kier molecular flexibility index (Phi) is 6.47. The third-order valence-corrected chi connectivity index (χ3v) is 8.98. The number of fused-ring (bicyclic) bond motifs is 4. The van der Waals surface area contributed by atoms with Crippen LogP contribution < -0.4 is 10.6 Å². The molecule has 3 N–H and O–H groups in total. The average molecular weight is 567 g/mol. The SMILES string of the molecule is CC1(C)OC(=O)c2ccc(Nc3cc(N[C@H](CO)c4ccccc4)c(-c4nc(C56CCN(CC5)CC6)no4)cn3)cc21. The van der Waals surface area contributed by atoms with Crippen LogP contribution in [0.4, 0.5) is 17.2 Å². The monoisotopic (exact) mass is 566 g/mol. The van der Waals surface area contributed by atoms with Crippen molar-refractivity contribution < 1.29 is 19.2 Å². The Hall–Kier alpha value is -4.28. The Morgan fingerprint density at radius 1 is 1.02 bits per heavy atom. The summed E-state index contributed by atoms with van der Waals surface area (Å²) in [6.07, 6.45) is 4.82. The van der Waals surface area contributed by atoms with Crippen molar-refractivity contribution in [2.24, 2.45) is 0 Å². The predicted molar refractivity (Wildman–Crippen MR) is 158 cm³/mol. The van der Waals surface area contributed by atoms with E-state index in [1.807, 2.05) is 62.4 Å². The van der Waals surface area contributed by atoms with Crippen molar-refractivity contribution in [3.05, 3.63) is 83.3 Å². The number of cyclic esters (lactones) is 1. The van der Waals surface area contributed by atoms with Crippen LogP contribution in [0.2, 0.25) is 0 Å². The van der Waals surface area contributed by atoms with Crippen LogP contribution in [-0.4, -0.2) is 57.3 Å². The fourth-order valence-electron chi connectivity index (χ4n) is 6.42. The maximum atomic E-state index is 12.3. The van der Waals surface area contributed by atoms with Gasteiger partial charge in [0.1, 0.15) is 11.4 Å². The van der Waals surface area contributed by atoms with E-state index >= 15 is 0 Å². The lowest BCUT2D eigenvalue weighted by atomic mass is 9.71. The topological polar surface area (TPSA) is 126 Å². The van der Waals surface area contributed by atoms with Crippen molar-refractivity contribution in [2.75, 3.05) is 36.9 Å². The molecule has 42 heavy (non-hydrogen) atoms. The standard InChI is InChI=1S/C32H34N6O4/c1-31(2)24-16-21(8-9-22(24)29(40)41-31)34-27-17-25(35-26(19-39)20-6-4-3-5-7-20)23(18-33-27)28-36-30(37-42-28)32-10-13-38(14-11-32)15-12-32/h3-9,16-18,26,39H,10-15,19H2,1-2H3,(H2,33,34,35)/t26-/m1/s1. The molecule has 0 aliphatic carbocycles. The number of hydrogen-bond donors (Lipinski definition) is 3. The van der Waals surface area contributed by atoms with Gasteiger partial charge < -0.3 is 29.9 Å². The number of esters is 1. The van der Waals surface area contributed by atoms with Crippen molar-refractivity contribution in [2.45, 2.75) is 50.2 Å². The highest BCUT2D eigenvalue weighted by Gasteiger charge is 2.44. The van der Waals surface area contributed by atoms with Crippen molar-refractivity contribution in [1.29, 1.82) is 0 Å². The molecule has 3 fully saturated rings. The second-order valence-corrected chi connectivity index (χ2v) is 12.0. The van der Waals surface area contributed by atoms with Crippen LogP contribution in [0.3, 0.4) is 0 Å². The van der Waals surface area contributed by atoms with E-state index in [2.05, 4.69) is 25.7 Å². The summed E-state index contributed by atoms with van der Waals surface area (Å²) in [5.74, 6) is 1.42. The molecule has 0 amide bonds. The number of benzene rings is 2. The van der Waals surface area contributed by atoms with Gasteiger partial charge in [0, 0.05) is 28.9 Å². The summed E-state index contributed by atoms with van der Waals surface area (Å²) in [7, 11) is 0. The van der Waals surface area contributed by atoms with Gasteiger partial charge in [0.05, 0.1) is 29.5 Å². The summed E-state index contributed by atoms with van der Waals surface area (Å²) in [6, 6.07) is 16.8. The molecule has 4 aliphatic rings. The van der Waals surface area contributed by atoms with Gasteiger partial charge in [-0.1, -0.05) is 35.5 Å². The number of ether oxygens (including phenoxy) is 1. The molecule has 2 bridgehead atoms. The van der Waals surface area contributed by atoms with Gasteiger partial charge in [0.25, 0.3) is 5.89 Å². The summed E-state index contributed by atoms with van der Waals surface area (Å²) in [5, 5.41) is 21.6. The van der Waals surface area contributed by atoms with E-state index in [-0.39, 0.29) is 24.0 Å². The number of aliphatic hydroxyl groups excluding tert-OH is 1. The first-order valence-corrected chi connectivity index (χ1v) is 14.5. The molecule has 0 radical (unpaired) electrons. The summed E-state index contributed by atoms with van der Waals surface area (Å²) in [6.45, 7) is 6.83. The zero-order valence-corrected chi connectivity index (χ0v) is 23.8. The molecule has 4 aliphatic heterocycles. The zero-order chi connectivity index (χ0) is 28.9. The molecule has 2 aromatic carbocycles. The highest BCUT2D eigenvalue weighted by molar-refractivity contribution is 5.95. The number of aliphatic hydroxyl groups is 1. The Bertz CT molecular complexity index is 1610. The van der Waals surface area contributed by atoms with Gasteiger partial charge in [-0.2, -0.15) is 4.98 Å². The number of aromatic nitrogens is 3. The van der Waals surface area contributed by atoms with Crippen molar-refractivity contribution in [1.82, 2.24) is 20.0 Å². The second-order valence-electron chi connectivity index (χ2n) is 12.0. The molecule has 0 spiro atoms. The minimum absolute atomic E-state index is 0.0386. The Morgan fingerprint density at radius 2 is 1.79 bits per heavy atom. The molecule has 6 heterocycles. The molecule has 1 atom stereocenters. The Balaban J connectivity index is 1.23. The van der Waals surface area contributed by atoms with E-state index in [4.69, 9.17) is 14.2 Å². The molecule has 4 aromatic rings. The number of nitrogens with zero attached hydrogens (tertiary/aromatic N) is 4. The molecule has 2 aromatic heterocycles. The molecule has 10 heteroatoms. The second kappa shape index (κ2) is 10.2. The first-order chi connectivity index (χ1) is 20.3. The molecule has 8 rings (SSSR count). The molecule has 3 saturated heterocycles. The van der Waals surface area contributed by atoms with Crippen LogP contribution >= 0.6 is 0 Å². The van der Waals surface area contributed by atoms with E-state index in [0.717, 1.165) is 61.5 Å². The predicted octanol–water partition coefficient (Wildman–Crippen LogP) is 5.16. The maximum Gasteiger partial charge on any atom is 0.339 e. The van der Waals surface area contributed by atoms with Crippen LogP contribution in [0.15, 0.2) is 65.3 Å². The van der Waals surface area contributed by atoms with Gasteiger partial charge in [0.2, 0.25) is 0 Å². The van der Waals surface area contributed by atoms with Crippen LogP contribution in [0.5, 0.6) is 0 Å². The van der Waals surface area contributed by atoms with Gasteiger partial charge >= 0.3 is 5.97 Å². The smallest absolute Gasteiger partial charge is 0.339 e. The van der Waals surface area contributed by atoms with Gasteiger partial charge in [-0.25, -0.2) is 9.78 Å². The normalized spacial score (nSPS) is 22.8. The molecule has 10 nitrogen and oxygen atoms in total. The fraction of sp³-hybridized carbons (Fsp3) is 0.375. The zero-order valence-electron chi connectivity index (χ0n) is 23.8. The van der Waals surface area contributed by atoms with E-state index in [0.29, 0.717) is 28.5 Å². The Labute approximate surface area is 244 Å². The molecular formula is C32H34N6O4. The van der Waals surface area contributed by atoms with Crippen molar-refractivity contribution >= 4 is 23.2 Å². The molecule has 216 valence electrons. The number of nitrogens with one attached hydrogen (secondary N) is 2. The number of pyridine rings is 1. The minimum atomic E-state index is -0.706. The minimum Gasteiger partial charge on any atom is -0.451 e. The van der Waals surface area contributed by atoms with E-state index in [1.165, 1.54) is 0 Å². The lowest BCUT2D eigenvalue weighted by Gasteiger charge is -2.46. The van der Waals surface area contributed by atoms with Crippen LogP contribution in [-0.2, 0) is 15.8 Å². The first-order valence-electron chi connectivity index (χ1n) is 14.5. The van der Waals surface area contributed by atoms with Crippen LogP contribution in [0.1, 0.15) is 66.5 Å². The largest absolute Gasteiger partial charge is 0.451 e. The van der Waals surface area contributed by atoms with Crippen LogP contribution in [0, 0.1) is 0 Å².